The normalized spacial score (nSPS) is 10.4. The van der Waals surface area contributed by atoms with Crippen molar-refractivity contribution >= 4 is 17.3 Å². The van der Waals surface area contributed by atoms with E-state index in [0.29, 0.717) is 11.3 Å². The van der Waals surface area contributed by atoms with Crippen LogP contribution < -0.4 is 16.4 Å². The predicted octanol–water partition coefficient (Wildman–Crippen LogP) is 0.992. The van der Waals surface area contributed by atoms with Gasteiger partial charge in [0, 0.05) is 25.7 Å². The van der Waals surface area contributed by atoms with Crippen LogP contribution in [0.4, 0.5) is 11.4 Å². The van der Waals surface area contributed by atoms with Gasteiger partial charge in [0.15, 0.2) is 0 Å². The molecule has 0 aromatic heterocycles. The van der Waals surface area contributed by atoms with Crippen LogP contribution in [0.2, 0.25) is 0 Å². The number of rotatable bonds is 6. The Morgan fingerprint density at radius 1 is 1.44 bits per heavy atom. The van der Waals surface area contributed by atoms with Crippen molar-refractivity contribution in [3.05, 3.63) is 23.8 Å². The van der Waals surface area contributed by atoms with Gasteiger partial charge in [0.25, 0.3) is 5.91 Å². The third-order valence-corrected chi connectivity index (χ3v) is 2.89. The zero-order valence-electron chi connectivity index (χ0n) is 11.3. The summed E-state index contributed by atoms with van der Waals surface area (Å²) in [6.07, 6.45) is 0. The molecule has 0 aliphatic rings. The first kappa shape index (κ1) is 14.3. The van der Waals surface area contributed by atoms with Crippen molar-refractivity contribution < 1.29 is 4.79 Å². The van der Waals surface area contributed by atoms with E-state index in [2.05, 4.69) is 29.5 Å². The van der Waals surface area contributed by atoms with Crippen molar-refractivity contribution in [2.45, 2.75) is 6.92 Å². The first-order valence-electron chi connectivity index (χ1n) is 6.12. The number of benzene rings is 1. The van der Waals surface area contributed by atoms with Crippen LogP contribution in [0.15, 0.2) is 18.2 Å². The van der Waals surface area contributed by atoms with Gasteiger partial charge in [-0.2, -0.15) is 0 Å². The quantitative estimate of drug-likeness (QED) is 0.659. The molecular weight excluding hydrogens is 228 g/mol. The zero-order valence-corrected chi connectivity index (χ0v) is 11.3. The number of anilines is 2. The third kappa shape index (κ3) is 3.92. The summed E-state index contributed by atoms with van der Waals surface area (Å²) in [7, 11) is 3.67. The molecule has 18 heavy (non-hydrogen) atoms. The van der Waals surface area contributed by atoms with Gasteiger partial charge in [0.1, 0.15) is 0 Å². The molecule has 0 saturated heterocycles. The van der Waals surface area contributed by atoms with Crippen molar-refractivity contribution in [3.63, 3.8) is 0 Å². The Morgan fingerprint density at radius 3 is 2.72 bits per heavy atom. The average Bonchev–Trinajstić information content (AvgIpc) is 2.39. The molecule has 1 aromatic rings. The van der Waals surface area contributed by atoms with Crippen molar-refractivity contribution in [2.24, 2.45) is 0 Å². The van der Waals surface area contributed by atoms with Crippen LogP contribution >= 0.6 is 0 Å². The molecule has 0 fully saturated rings. The Kier molecular flexibility index (Phi) is 5.45. The van der Waals surface area contributed by atoms with Crippen LogP contribution in [0.25, 0.3) is 0 Å². The van der Waals surface area contributed by atoms with E-state index in [1.165, 1.54) is 0 Å². The average molecular weight is 250 g/mol. The smallest absolute Gasteiger partial charge is 0.251 e. The van der Waals surface area contributed by atoms with Crippen LogP contribution in [0.5, 0.6) is 0 Å². The fourth-order valence-electron chi connectivity index (χ4n) is 1.55. The second-order valence-corrected chi connectivity index (χ2v) is 4.20. The van der Waals surface area contributed by atoms with Gasteiger partial charge in [0.2, 0.25) is 0 Å². The topological polar surface area (TPSA) is 70.4 Å². The van der Waals surface area contributed by atoms with Gasteiger partial charge in [0.05, 0.1) is 11.4 Å². The maximum atomic E-state index is 11.4. The number of carbonyl (C=O) groups excluding carboxylic acids is 1. The van der Waals surface area contributed by atoms with Crippen molar-refractivity contribution in [1.29, 1.82) is 0 Å². The molecule has 4 N–H and O–H groups in total. The van der Waals surface area contributed by atoms with Crippen molar-refractivity contribution in [3.8, 4) is 0 Å². The first-order chi connectivity index (χ1) is 8.58. The molecular formula is C13H22N4O. The molecule has 0 spiro atoms. The molecule has 5 heteroatoms. The van der Waals surface area contributed by atoms with Gasteiger partial charge in [-0.3, -0.25) is 4.79 Å². The number of nitrogens with two attached hydrogens (primary N) is 1. The fourth-order valence-corrected chi connectivity index (χ4v) is 1.55. The van der Waals surface area contributed by atoms with Gasteiger partial charge in [-0.15, -0.1) is 0 Å². The first-order valence-corrected chi connectivity index (χ1v) is 6.12. The number of nitrogens with one attached hydrogen (secondary N) is 2. The van der Waals surface area contributed by atoms with Crippen LogP contribution in [-0.2, 0) is 0 Å². The molecule has 1 aromatic carbocycles. The fraction of sp³-hybridized carbons (Fsp3) is 0.462. The van der Waals surface area contributed by atoms with E-state index in [-0.39, 0.29) is 5.91 Å². The van der Waals surface area contributed by atoms with Crippen molar-refractivity contribution in [1.82, 2.24) is 10.2 Å². The Labute approximate surface area is 108 Å². The van der Waals surface area contributed by atoms with E-state index in [1.54, 1.807) is 19.2 Å². The number of hydrogen-bond donors (Lipinski definition) is 3. The van der Waals surface area contributed by atoms with Crippen LogP contribution in [0, 0.1) is 0 Å². The summed E-state index contributed by atoms with van der Waals surface area (Å²) in [5, 5.41) is 5.84. The highest BCUT2D eigenvalue weighted by Gasteiger charge is 2.06. The van der Waals surface area contributed by atoms with Gasteiger partial charge in [-0.05, 0) is 31.8 Å². The maximum absolute atomic E-state index is 11.4. The molecule has 0 bridgehead atoms. The minimum absolute atomic E-state index is 0.126. The molecule has 0 heterocycles. The molecule has 1 amide bonds. The van der Waals surface area contributed by atoms with Crippen LogP contribution in [-0.4, -0.2) is 44.5 Å². The lowest BCUT2D eigenvalue weighted by Gasteiger charge is -2.15. The summed E-state index contributed by atoms with van der Waals surface area (Å²) in [5.41, 5.74) is 7.94. The Balaban J connectivity index is 2.60. The lowest BCUT2D eigenvalue weighted by atomic mass is 10.1. The number of likely N-dealkylation sites (N-methyl/N-ethyl adjacent to an activating group) is 1. The predicted molar refractivity (Wildman–Crippen MR) is 75.9 cm³/mol. The van der Waals surface area contributed by atoms with E-state index in [1.807, 2.05) is 6.07 Å². The van der Waals surface area contributed by atoms with Gasteiger partial charge in [-0.25, -0.2) is 0 Å². The van der Waals surface area contributed by atoms with Crippen LogP contribution in [0.1, 0.15) is 17.3 Å². The number of amides is 1. The van der Waals surface area contributed by atoms with E-state index in [9.17, 15) is 4.79 Å². The molecule has 5 nitrogen and oxygen atoms in total. The molecule has 0 radical (unpaired) electrons. The summed E-state index contributed by atoms with van der Waals surface area (Å²) in [6, 6.07) is 5.29. The largest absolute Gasteiger partial charge is 0.397 e. The molecule has 0 atom stereocenters. The number of carbonyl (C=O) groups is 1. The Morgan fingerprint density at radius 2 is 2.17 bits per heavy atom. The van der Waals surface area contributed by atoms with Crippen LogP contribution in [0.3, 0.4) is 0 Å². The molecule has 100 valence electrons. The highest BCUT2D eigenvalue weighted by molar-refractivity contribution is 5.95. The summed E-state index contributed by atoms with van der Waals surface area (Å²) in [5.74, 6) is -0.126. The highest BCUT2D eigenvalue weighted by Crippen LogP contribution is 2.19. The molecule has 0 aliphatic carbocycles. The van der Waals surface area contributed by atoms with Gasteiger partial charge < -0.3 is 21.3 Å². The summed E-state index contributed by atoms with van der Waals surface area (Å²) >= 11 is 0. The molecule has 1 rings (SSSR count). The molecule has 0 aliphatic heterocycles. The van der Waals surface area contributed by atoms with E-state index >= 15 is 0 Å². The van der Waals surface area contributed by atoms with E-state index in [0.717, 1.165) is 25.3 Å². The van der Waals surface area contributed by atoms with Crippen molar-refractivity contribution in [2.75, 3.05) is 44.8 Å². The number of nitrogens with zero attached hydrogens (tertiary/aromatic N) is 1. The van der Waals surface area contributed by atoms with Gasteiger partial charge >= 0.3 is 0 Å². The second-order valence-electron chi connectivity index (χ2n) is 4.20. The summed E-state index contributed by atoms with van der Waals surface area (Å²) in [6.45, 7) is 4.92. The minimum atomic E-state index is -0.126. The standard InChI is InChI=1S/C13H22N4O/c1-4-17(3)8-7-16-12-6-5-10(9-11(12)14)13(18)15-2/h5-6,9,16H,4,7-8,14H2,1-3H3,(H,15,18). The zero-order chi connectivity index (χ0) is 13.5. The lowest BCUT2D eigenvalue weighted by Crippen LogP contribution is -2.25. The minimum Gasteiger partial charge on any atom is -0.397 e. The number of nitrogen functional groups attached to an aromatic ring is 1. The molecule has 0 unspecified atom stereocenters. The van der Waals surface area contributed by atoms with E-state index < -0.39 is 0 Å². The Bertz CT molecular complexity index is 406. The van der Waals surface area contributed by atoms with Gasteiger partial charge in [-0.1, -0.05) is 6.92 Å². The lowest BCUT2D eigenvalue weighted by molar-refractivity contribution is 0.0963. The third-order valence-electron chi connectivity index (χ3n) is 2.89. The molecule has 0 saturated carbocycles. The van der Waals surface area contributed by atoms with E-state index in [4.69, 9.17) is 5.73 Å². The SMILES string of the molecule is CCN(C)CCNc1ccc(C(=O)NC)cc1N. The number of hydrogen-bond acceptors (Lipinski definition) is 4. The summed E-state index contributed by atoms with van der Waals surface area (Å²) < 4.78 is 0. The monoisotopic (exact) mass is 250 g/mol. The maximum Gasteiger partial charge on any atom is 0.251 e. The summed E-state index contributed by atoms with van der Waals surface area (Å²) in [4.78, 5) is 13.6. The second kappa shape index (κ2) is 6.86. The Hall–Kier alpha value is -1.75. The highest BCUT2D eigenvalue weighted by atomic mass is 16.1.